The van der Waals surface area contributed by atoms with E-state index in [9.17, 15) is 4.79 Å². The molecule has 0 N–H and O–H groups in total. The van der Waals surface area contributed by atoms with Gasteiger partial charge in [-0.05, 0) is 0 Å². The number of amides is 1. The summed E-state index contributed by atoms with van der Waals surface area (Å²) in [7, 11) is 0. The summed E-state index contributed by atoms with van der Waals surface area (Å²) in [5.74, 6) is 1.67. The Hall–Kier alpha value is -0.570. The number of rotatable bonds is 1. The highest BCUT2D eigenvalue weighted by molar-refractivity contribution is 5.78. The number of ether oxygens (including phenoxy) is 1. The fourth-order valence-electron chi connectivity index (χ4n) is 2.23. The second kappa shape index (κ2) is 3.29. The van der Waals surface area contributed by atoms with Crippen LogP contribution >= 0.6 is 0 Å². The van der Waals surface area contributed by atoms with Crippen molar-refractivity contribution in [3.8, 4) is 0 Å². The Balaban J connectivity index is 1.95. The third-order valence-electron chi connectivity index (χ3n) is 3.05. The van der Waals surface area contributed by atoms with E-state index in [1.54, 1.807) is 0 Å². The topological polar surface area (TPSA) is 29.5 Å². The maximum absolute atomic E-state index is 11.7. The summed E-state index contributed by atoms with van der Waals surface area (Å²) in [4.78, 5) is 13.7. The molecule has 0 bridgehead atoms. The molecule has 2 heterocycles. The minimum atomic E-state index is 0.139. The van der Waals surface area contributed by atoms with Crippen LogP contribution in [0.25, 0.3) is 0 Å². The smallest absolute Gasteiger partial charge is 0.225 e. The number of hydrogen-bond donors (Lipinski definition) is 0. The molecule has 13 heavy (non-hydrogen) atoms. The molecule has 2 aliphatic heterocycles. The van der Waals surface area contributed by atoms with Gasteiger partial charge in [-0.2, -0.15) is 0 Å². The van der Waals surface area contributed by atoms with Crippen molar-refractivity contribution < 1.29 is 9.53 Å². The number of carbonyl (C=O) groups excluding carboxylic acids is 1. The van der Waals surface area contributed by atoms with E-state index in [4.69, 9.17) is 4.74 Å². The van der Waals surface area contributed by atoms with E-state index in [1.165, 1.54) is 0 Å². The van der Waals surface area contributed by atoms with Crippen LogP contribution in [0, 0.1) is 17.8 Å². The predicted octanol–water partition coefficient (Wildman–Crippen LogP) is 0.747. The van der Waals surface area contributed by atoms with Gasteiger partial charge in [0.25, 0.3) is 0 Å². The molecule has 0 unspecified atom stereocenters. The zero-order valence-corrected chi connectivity index (χ0v) is 8.32. The molecule has 2 saturated heterocycles. The first-order valence-corrected chi connectivity index (χ1v) is 5.05. The maximum atomic E-state index is 11.7. The van der Waals surface area contributed by atoms with Gasteiger partial charge in [0.05, 0.1) is 13.2 Å². The molecule has 0 aromatic rings. The molecular formula is C10H17NO2. The molecule has 2 atom stereocenters. The van der Waals surface area contributed by atoms with E-state index in [-0.39, 0.29) is 5.92 Å². The first-order chi connectivity index (χ1) is 6.18. The van der Waals surface area contributed by atoms with Crippen LogP contribution in [0.15, 0.2) is 0 Å². The van der Waals surface area contributed by atoms with Gasteiger partial charge in [-0.3, -0.25) is 4.79 Å². The van der Waals surface area contributed by atoms with Crippen LogP contribution in [0.1, 0.15) is 13.8 Å². The lowest BCUT2D eigenvalue weighted by Crippen LogP contribution is -2.33. The van der Waals surface area contributed by atoms with E-state index in [0.29, 0.717) is 17.7 Å². The van der Waals surface area contributed by atoms with Crippen molar-refractivity contribution in [2.24, 2.45) is 17.8 Å². The lowest BCUT2D eigenvalue weighted by Gasteiger charge is -2.19. The fourth-order valence-corrected chi connectivity index (χ4v) is 2.23. The Bertz CT molecular complexity index is 203. The van der Waals surface area contributed by atoms with Gasteiger partial charge in [0.2, 0.25) is 5.91 Å². The third kappa shape index (κ3) is 1.57. The summed E-state index contributed by atoms with van der Waals surface area (Å²) >= 11 is 0. The number of nitrogens with zero attached hydrogens (tertiary/aromatic N) is 1. The monoisotopic (exact) mass is 183 g/mol. The molecule has 1 amide bonds. The van der Waals surface area contributed by atoms with Crippen molar-refractivity contribution >= 4 is 5.91 Å². The van der Waals surface area contributed by atoms with Gasteiger partial charge in [0.1, 0.15) is 0 Å². The third-order valence-corrected chi connectivity index (χ3v) is 3.05. The quantitative estimate of drug-likeness (QED) is 0.600. The minimum Gasteiger partial charge on any atom is -0.381 e. The summed E-state index contributed by atoms with van der Waals surface area (Å²) < 4.78 is 5.36. The van der Waals surface area contributed by atoms with Gasteiger partial charge in [0.15, 0.2) is 0 Å². The molecular weight excluding hydrogens is 166 g/mol. The van der Waals surface area contributed by atoms with Crippen LogP contribution < -0.4 is 0 Å². The van der Waals surface area contributed by atoms with Crippen molar-refractivity contribution in [2.75, 3.05) is 26.3 Å². The largest absolute Gasteiger partial charge is 0.381 e. The number of likely N-dealkylation sites (tertiary alicyclic amines) is 1. The normalized spacial score (nSPS) is 32.7. The van der Waals surface area contributed by atoms with Crippen molar-refractivity contribution in [3.05, 3.63) is 0 Å². The lowest BCUT2D eigenvalue weighted by atomic mass is 10.0. The van der Waals surface area contributed by atoms with Crippen molar-refractivity contribution in [3.63, 3.8) is 0 Å². The molecule has 3 nitrogen and oxygen atoms in total. The van der Waals surface area contributed by atoms with Gasteiger partial charge < -0.3 is 9.64 Å². The highest BCUT2D eigenvalue weighted by Crippen LogP contribution is 2.29. The molecule has 2 aliphatic rings. The van der Waals surface area contributed by atoms with Crippen LogP contribution in [-0.4, -0.2) is 37.1 Å². The van der Waals surface area contributed by atoms with Crippen molar-refractivity contribution in [1.29, 1.82) is 0 Å². The molecule has 2 fully saturated rings. The second-order valence-corrected chi connectivity index (χ2v) is 4.46. The number of hydrogen-bond acceptors (Lipinski definition) is 2. The predicted molar refractivity (Wildman–Crippen MR) is 49.2 cm³/mol. The highest BCUT2D eigenvalue weighted by atomic mass is 16.5. The van der Waals surface area contributed by atoms with E-state index >= 15 is 0 Å². The van der Waals surface area contributed by atoms with E-state index in [2.05, 4.69) is 0 Å². The van der Waals surface area contributed by atoms with Crippen molar-refractivity contribution in [2.45, 2.75) is 13.8 Å². The van der Waals surface area contributed by atoms with E-state index in [0.717, 1.165) is 26.3 Å². The van der Waals surface area contributed by atoms with Crippen LogP contribution in [-0.2, 0) is 9.53 Å². The lowest BCUT2D eigenvalue weighted by molar-refractivity contribution is -0.133. The number of fused-ring (bicyclic) bond motifs is 1. The Labute approximate surface area is 79.0 Å². The average Bonchev–Trinajstić information content (AvgIpc) is 2.59. The van der Waals surface area contributed by atoms with Crippen LogP contribution in [0.4, 0.5) is 0 Å². The van der Waals surface area contributed by atoms with Crippen LogP contribution in [0.5, 0.6) is 0 Å². The molecule has 0 aliphatic carbocycles. The summed E-state index contributed by atoms with van der Waals surface area (Å²) in [6, 6.07) is 0. The van der Waals surface area contributed by atoms with Gasteiger partial charge in [-0.25, -0.2) is 0 Å². The molecule has 0 radical (unpaired) electrons. The molecule has 2 rings (SSSR count). The second-order valence-electron chi connectivity index (χ2n) is 4.46. The van der Waals surface area contributed by atoms with Gasteiger partial charge in [-0.15, -0.1) is 0 Å². The summed E-state index contributed by atoms with van der Waals surface area (Å²) in [5, 5.41) is 0. The van der Waals surface area contributed by atoms with Crippen LogP contribution in [0.2, 0.25) is 0 Å². The zero-order valence-electron chi connectivity index (χ0n) is 8.32. The zero-order chi connectivity index (χ0) is 9.42. The van der Waals surface area contributed by atoms with Crippen LogP contribution in [0.3, 0.4) is 0 Å². The summed E-state index contributed by atoms with van der Waals surface area (Å²) in [6.45, 7) is 7.47. The Morgan fingerprint density at radius 1 is 1.31 bits per heavy atom. The van der Waals surface area contributed by atoms with E-state index in [1.807, 2.05) is 18.7 Å². The molecule has 74 valence electrons. The van der Waals surface area contributed by atoms with Gasteiger partial charge in [-0.1, -0.05) is 13.8 Å². The van der Waals surface area contributed by atoms with Crippen molar-refractivity contribution in [1.82, 2.24) is 4.90 Å². The summed E-state index contributed by atoms with van der Waals surface area (Å²) in [6.07, 6.45) is 0. The summed E-state index contributed by atoms with van der Waals surface area (Å²) in [5.41, 5.74) is 0. The standard InChI is InChI=1S/C10H17NO2/c1-7(2)10(12)11-3-8-5-13-6-9(8)4-11/h7-9H,3-6H2,1-2H3/t8-,9+. The fraction of sp³-hybridized carbons (Fsp3) is 0.900. The Morgan fingerprint density at radius 3 is 2.31 bits per heavy atom. The first kappa shape index (κ1) is 9.00. The molecule has 0 aromatic heterocycles. The average molecular weight is 183 g/mol. The van der Waals surface area contributed by atoms with E-state index < -0.39 is 0 Å². The molecule has 0 aromatic carbocycles. The Morgan fingerprint density at radius 2 is 1.85 bits per heavy atom. The first-order valence-electron chi connectivity index (χ1n) is 5.05. The number of carbonyl (C=O) groups is 1. The Kier molecular flexibility index (Phi) is 2.28. The van der Waals surface area contributed by atoms with Gasteiger partial charge >= 0.3 is 0 Å². The SMILES string of the molecule is CC(C)C(=O)N1C[C@H]2COC[C@H]2C1. The molecule has 3 heteroatoms. The highest BCUT2D eigenvalue weighted by Gasteiger charge is 2.39. The minimum absolute atomic E-state index is 0.139. The molecule has 0 saturated carbocycles. The molecule has 0 spiro atoms. The van der Waals surface area contributed by atoms with Gasteiger partial charge in [0, 0.05) is 30.8 Å². The maximum Gasteiger partial charge on any atom is 0.225 e.